The monoisotopic (exact) mass is 535 g/mol. The van der Waals surface area contributed by atoms with Crippen molar-refractivity contribution in [3.63, 3.8) is 0 Å². The molecule has 0 aromatic heterocycles. The van der Waals surface area contributed by atoms with Crippen LogP contribution < -0.4 is 19.1 Å². The van der Waals surface area contributed by atoms with Crippen LogP contribution in [0.15, 0.2) is 78.9 Å². The van der Waals surface area contributed by atoms with Gasteiger partial charge in [0.25, 0.3) is 11.8 Å². The van der Waals surface area contributed by atoms with Crippen molar-refractivity contribution in [3.8, 4) is 17.2 Å². The van der Waals surface area contributed by atoms with Gasteiger partial charge in [0.1, 0.15) is 17.2 Å². The predicted octanol–water partition coefficient (Wildman–Crippen LogP) is 5.96. The molecule has 0 saturated heterocycles. The third-order valence-electron chi connectivity index (χ3n) is 7.34. The number of methoxy groups -OCH3 is 1. The second kappa shape index (κ2) is 10.3. The Hall–Kier alpha value is -4.98. The van der Waals surface area contributed by atoms with Crippen LogP contribution >= 0.6 is 0 Å². The van der Waals surface area contributed by atoms with E-state index in [1.54, 1.807) is 66.7 Å². The Labute approximate surface area is 230 Å². The van der Waals surface area contributed by atoms with Crippen LogP contribution in [0.5, 0.6) is 17.2 Å². The van der Waals surface area contributed by atoms with Crippen LogP contribution in [-0.2, 0) is 4.79 Å². The second-order valence-corrected chi connectivity index (χ2v) is 9.84. The predicted molar refractivity (Wildman–Crippen MR) is 147 cm³/mol. The van der Waals surface area contributed by atoms with Crippen molar-refractivity contribution >= 4 is 40.2 Å². The number of nitrogens with zero attached hydrogens (tertiary/aromatic N) is 1. The van der Waals surface area contributed by atoms with E-state index >= 15 is 0 Å². The third-order valence-corrected chi connectivity index (χ3v) is 7.34. The van der Waals surface area contributed by atoms with E-state index in [0.717, 1.165) is 30.6 Å². The standard InChI is InChI=1S/C32H25NO7/c1-38-23-14-12-20(13-15-23)32(37)40-25-16-21-8-4-11-26-28(21)27(18-25)30(35)33(29(26)34)22-9-5-10-24(17-22)39-31(36)19-6-2-3-7-19/h4-5,8-19H,2-3,6-7H2,1H3. The fourth-order valence-electron chi connectivity index (χ4n) is 5.31. The zero-order valence-corrected chi connectivity index (χ0v) is 21.7. The van der Waals surface area contributed by atoms with E-state index in [4.69, 9.17) is 14.2 Å². The lowest BCUT2D eigenvalue weighted by molar-refractivity contribution is -0.138. The van der Waals surface area contributed by atoms with Crippen molar-refractivity contribution in [1.29, 1.82) is 0 Å². The van der Waals surface area contributed by atoms with Gasteiger partial charge in [-0.05, 0) is 72.8 Å². The topological polar surface area (TPSA) is 99.2 Å². The Morgan fingerprint density at radius 1 is 0.750 bits per heavy atom. The number of hydrogen-bond donors (Lipinski definition) is 0. The highest BCUT2D eigenvalue weighted by Gasteiger charge is 2.35. The van der Waals surface area contributed by atoms with Crippen molar-refractivity contribution in [3.05, 3.63) is 95.6 Å². The number of esters is 2. The van der Waals surface area contributed by atoms with E-state index in [0.29, 0.717) is 27.6 Å². The summed E-state index contributed by atoms with van der Waals surface area (Å²) in [5, 5.41) is 1.08. The molecule has 2 aliphatic rings. The summed E-state index contributed by atoms with van der Waals surface area (Å²) in [5.74, 6) is -1.07. The van der Waals surface area contributed by atoms with Crippen molar-refractivity contribution in [2.24, 2.45) is 5.92 Å². The third kappa shape index (κ3) is 4.58. The van der Waals surface area contributed by atoms with Gasteiger partial charge in [-0.1, -0.05) is 31.0 Å². The molecule has 0 atom stereocenters. The van der Waals surface area contributed by atoms with Gasteiger partial charge in [0, 0.05) is 17.0 Å². The summed E-state index contributed by atoms with van der Waals surface area (Å²) >= 11 is 0. The molecular formula is C32H25NO7. The fraction of sp³-hybridized carbons (Fsp3) is 0.188. The van der Waals surface area contributed by atoms with Gasteiger partial charge >= 0.3 is 11.9 Å². The normalized spacial score (nSPS) is 14.9. The highest BCUT2D eigenvalue weighted by Crippen LogP contribution is 2.37. The number of carbonyl (C=O) groups excluding carboxylic acids is 4. The molecule has 1 aliphatic carbocycles. The first-order valence-electron chi connectivity index (χ1n) is 13.1. The van der Waals surface area contributed by atoms with E-state index < -0.39 is 17.8 Å². The molecule has 40 heavy (non-hydrogen) atoms. The molecule has 4 aromatic carbocycles. The van der Waals surface area contributed by atoms with Crippen molar-refractivity contribution in [2.75, 3.05) is 12.0 Å². The molecule has 6 rings (SSSR count). The number of benzene rings is 4. The first kappa shape index (κ1) is 25.3. The molecule has 1 fully saturated rings. The molecule has 2 amide bonds. The molecule has 1 heterocycles. The Morgan fingerprint density at radius 3 is 2.23 bits per heavy atom. The number of ether oxygens (including phenoxy) is 3. The molecule has 8 heteroatoms. The maximum absolute atomic E-state index is 13.8. The van der Waals surface area contributed by atoms with Gasteiger partial charge in [0.15, 0.2) is 0 Å². The Kier molecular flexibility index (Phi) is 6.51. The van der Waals surface area contributed by atoms with Gasteiger partial charge in [-0.25, -0.2) is 9.69 Å². The van der Waals surface area contributed by atoms with E-state index in [-0.39, 0.29) is 34.6 Å². The molecule has 0 N–H and O–H groups in total. The average molecular weight is 536 g/mol. The number of rotatable bonds is 6. The van der Waals surface area contributed by atoms with Crippen LogP contribution in [-0.4, -0.2) is 30.9 Å². The Balaban J connectivity index is 1.32. The molecule has 4 aromatic rings. The van der Waals surface area contributed by atoms with Crippen molar-refractivity contribution in [2.45, 2.75) is 25.7 Å². The SMILES string of the molecule is COc1ccc(C(=O)Oc2cc3c4c(cccc4c2)C(=O)N(c2cccc(OC(=O)C4CCCC4)c2)C3=O)cc1. The van der Waals surface area contributed by atoms with E-state index in [1.807, 2.05) is 0 Å². The summed E-state index contributed by atoms with van der Waals surface area (Å²) in [6.07, 6.45) is 3.60. The molecule has 0 unspecified atom stereocenters. The summed E-state index contributed by atoms with van der Waals surface area (Å²) in [7, 11) is 1.53. The maximum atomic E-state index is 13.8. The van der Waals surface area contributed by atoms with E-state index in [9.17, 15) is 19.2 Å². The quantitative estimate of drug-likeness (QED) is 0.171. The Bertz CT molecular complexity index is 1670. The lowest BCUT2D eigenvalue weighted by Crippen LogP contribution is -2.40. The molecule has 1 saturated carbocycles. The van der Waals surface area contributed by atoms with Crippen LogP contribution in [0.2, 0.25) is 0 Å². The number of anilines is 1. The van der Waals surface area contributed by atoms with Crippen molar-refractivity contribution in [1.82, 2.24) is 0 Å². The highest BCUT2D eigenvalue weighted by atomic mass is 16.5. The van der Waals surface area contributed by atoms with Crippen LogP contribution in [0.1, 0.15) is 56.8 Å². The summed E-state index contributed by atoms with van der Waals surface area (Å²) in [5.41, 5.74) is 1.15. The largest absolute Gasteiger partial charge is 0.497 e. The first-order chi connectivity index (χ1) is 19.4. The minimum atomic E-state index is -0.599. The van der Waals surface area contributed by atoms with Crippen LogP contribution in [0, 0.1) is 5.92 Å². The fourth-order valence-corrected chi connectivity index (χ4v) is 5.31. The molecule has 8 nitrogen and oxygen atoms in total. The van der Waals surface area contributed by atoms with Crippen LogP contribution in [0.4, 0.5) is 5.69 Å². The minimum absolute atomic E-state index is 0.134. The van der Waals surface area contributed by atoms with E-state index in [1.165, 1.54) is 19.2 Å². The summed E-state index contributed by atoms with van der Waals surface area (Å²) in [6.45, 7) is 0. The molecule has 0 bridgehead atoms. The zero-order valence-electron chi connectivity index (χ0n) is 21.7. The first-order valence-corrected chi connectivity index (χ1v) is 13.1. The molecule has 1 aliphatic heterocycles. The van der Waals surface area contributed by atoms with Gasteiger partial charge in [-0.3, -0.25) is 14.4 Å². The zero-order chi connectivity index (χ0) is 27.8. The minimum Gasteiger partial charge on any atom is -0.497 e. The van der Waals surface area contributed by atoms with E-state index in [2.05, 4.69) is 0 Å². The number of carbonyl (C=O) groups is 4. The lowest BCUT2D eigenvalue weighted by atomic mass is 9.93. The molecule has 0 radical (unpaired) electrons. The number of imide groups is 1. The number of amides is 2. The summed E-state index contributed by atoms with van der Waals surface area (Å²) in [6, 6.07) is 21.1. The summed E-state index contributed by atoms with van der Waals surface area (Å²) in [4.78, 5) is 53.8. The Morgan fingerprint density at radius 2 is 1.48 bits per heavy atom. The molecule has 0 spiro atoms. The van der Waals surface area contributed by atoms with Gasteiger partial charge in [-0.2, -0.15) is 0 Å². The van der Waals surface area contributed by atoms with Crippen LogP contribution in [0.3, 0.4) is 0 Å². The van der Waals surface area contributed by atoms with Crippen molar-refractivity contribution < 1.29 is 33.4 Å². The maximum Gasteiger partial charge on any atom is 0.343 e. The van der Waals surface area contributed by atoms with Gasteiger partial charge < -0.3 is 14.2 Å². The van der Waals surface area contributed by atoms with Gasteiger partial charge in [0.05, 0.1) is 29.8 Å². The summed E-state index contributed by atoms with van der Waals surface area (Å²) < 4.78 is 16.3. The van der Waals surface area contributed by atoms with Gasteiger partial charge in [0.2, 0.25) is 0 Å². The van der Waals surface area contributed by atoms with Crippen LogP contribution in [0.25, 0.3) is 10.8 Å². The molecular weight excluding hydrogens is 510 g/mol. The second-order valence-electron chi connectivity index (χ2n) is 9.84. The molecule has 200 valence electrons. The van der Waals surface area contributed by atoms with Gasteiger partial charge in [-0.15, -0.1) is 0 Å². The average Bonchev–Trinajstić information content (AvgIpc) is 3.52. The highest BCUT2D eigenvalue weighted by molar-refractivity contribution is 6.36. The number of hydrogen-bond acceptors (Lipinski definition) is 7. The smallest absolute Gasteiger partial charge is 0.343 e. The lowest BCUT2D eigenvalue weighted by Gasteiger charge is -2.27.